The summed E-state index contributed by atoms with van der Waals surface area (Å²) in [5.41, 5.74) is 1.32. The number of ether oxygens (including phenoxy) is 1. The van der Waals surface area contributed by atoms with Crippen LogP contribution in [0.2, 0.25) is 0 Å². The van der Waals surface area contributed by atoms with E-state index in [1.807, 2.05) is 24.3 Å². The molecular formula is C22H24N4O4. The quantitative estimate of drug-likeness (QED) is 0.685. The Hall–Kier alpha value is -3.39. The number of aromatic amines is 1. The fourth-order valence-electron chi connectivity index (χ4n) is 3.71. The number of anilines is 1. The van der Waals surface area contributed by atoms with Gasteiger partial charge < -0.3 is 14.5 Å². The summed E-state index contributed by atoms with van der Waals surface area (Å²) in [6.45, 7) is 3.15. The predicted octanol–water partition coefficient (Wildman–Crippen LogP) is 1.18. The first-order valence-corrected chi connectivity index (χ1v) is 9.91. The van der Waals surface area contributed by atoms with Crippen molar-refractivity contribution < 1.29 is 9.53 Å². The molecule has 8 nitrogen and oxygen atoms in total. The first kappa shape index (κ1) is 19.9. The summed E-state index contributed by atoms with van der Waals surface area (Å²) >= 11 is 0. The van der Waals surface area contributed by atoms with E-state index in [2.05, 4.69) is 10.00 Å². The minimum Gasteiger partial charge on any atom is -0.378 e. The molecule has 0 unspecified atom stereocenters. The van der Waals surface area contributed by atoms with Crippen LogP contribution in [0.5, 0.6) is 0 Å². The normalized spacial score (nSPS) is 14.1. The van der Waals surface area contributed by atoms with Crippen molar-refractivity contribution in [3.63, 3.8) is 0 Å². The molecule has 30 heavy (non-hydrogen) atoms. The highest BCUT2D eigenvalue weighted by Gasteiger charge is 2.18. The molecule has 156 valence electrons. The number of benzene rings is 2. The fourth-order valence-corrected chi connectivity index (χ4v) is 3.71. The van der Waals surface area contributed by atoms with Crippen molar-refractivity contribution in [2.75, 3.05) is 38.3 Å². The number of carbonyl (C=O) groups excluding carboxylic acids is 1. The summed E-state index contributed by atoms with van der Waals surface area (Å²) in [5.74, 6) is -0.264. The average molecular weight is 408 g/mol. The molecule has 1 aliphatic rings. The summed E-state index contributed by atoms with van der Waals surface area (Å²) in [5, 5.41) is 3.13. The Balaban J connectivity index is 1.53. The molecule has 1 amide bonds. The maximum atomic E-state index is 12.8. The maximum absolute atomic E-state index is 12.8. The summed E-state index contributed by atoms with van der Waals surface area (Å²) < 4.78 is 6.51. The third-order valence-electron chi connectivity index (χ3n) is 5.35. The van der Waals surface area contributed by atoms with Gasteiger partial charge in [-0.3, -0.25) is 19.5 Å². The van der Waals surface area contributed by atoms with Crippen LogP contribution in [0.4, 0.5) is 5.69 Å². The Kier molecular flexibility index (Phi) is 5.67. The number of amides is 1. The zero-order valence-corrected chi connectivity index (χ0v) is 16.8. The van der Waals surface area contributed by atoms with E-state index in [-0.39, 0.29) is 18.0 Å². The second kappa shape index (κ2) is 8.54. The smallest absolute Gasteiger partial charge is 0.273 e. The highest BCUT2D eigenvalue weighted by Crippen LogP contribution is 2.22. The molecule has 0 radical (unpaired) electrons. The molecule has 2 aromatic carbocycles. The minimum atomic E-state index is -0.390. The fraction of sp³-hybridized carbons (Fsp3) is 0.318. The number of rotatable bonds is 5. The van der Waals surface area contributed by atoms with E-state index in [9.17, 15) is 14.4 Å². The number of hydrogen-bond donors (Lipinski definition) is 1. The number of H-pyrrole nitrogens is 1. The molecule has 1 fully saturated rings. The van der Waals surface area contributed by atoms with E-state index in [1.54, 1.807) is 36.2 Å². The van der Waals surface area contributed by atoms with Gasteiger partial charge in [0.1, 0.15) is 6.54 Å². The number of nitrogens with zero attached hydrogens (tertiary/aromatic N) is 3. The van der Waals surface area contributed by atoms with Crippen LogP contribution < -0.4 is 16.0 Å². The van der Waals surface area contributed by atoms with Gasteiger partial charge >= 0.3 is 0 Å². The minimum absolute atomic E-state index is 0.227. The molecule has 8 heteroatoms. The van der Waals surface area contributed by atoms with Gasteiger partial charge in [-0.1, -0.05) is 30.3 Å². The molecule has 2 heterocycles. The second-order valence-electron chi connectivity index (χ2n) is 7.36. The second-order valence-corrected chi connectivity index (χ2v) is 7.36. The highest BCUT2D eigenvalue weighted by molar-refractivity contribution is 5.81. The third kappa shape index (κ3) is 3.99. The lowest BCUT2D eigenvalue weighted by atomic mass is 10.1. The monoisotopic (exact) mass is 408 g/mol. The van der Waals surface area contributed by atoms with E-state index < -0.39 is 5.56 Å². The Bertz CT molecular complexity index is 1180. The molecular weight excluding hydrogens is 384 g/mol. The van der Waals surface area contributed by atoms with Crippen LogP contribution in [-0.4, -0.2) is 53.9 Å². The van der Waals surface area contributed by atoms with Gasteiger partial charge in [-0.15, -0.1) is 0 Å². The van der Waals surface area contributed by atoms with Crippen molar-refractivity contribution >= 4 is 22.4 Å². The summed E-state index contributed by atoms with van der Waals surface area (Å²) in [6.07, 6.45) is 0. The van der Waals surface area contributed by atoms with Gasteiger partial charge in [0.15, 0.2) is 0 Å². The van der Waals surface area contributed by atoms with Crippen LogP contribution in [0, 0.1) is 0 Å². The van der Waals surface area contributed by atoms with Crippen molar-refractivity contribution in [2.45, 2.75) is 13.1 Å². The number of aromatic nitrogens is 2. The first-order chi connectivity index (χ1) is 14.5. The Labute approximate surface area is 173 Å². The molecule has 1 aromatic heterocycles. The summed E-state index contributed by atoms with van der Waals surface area (Å²) in [7, 11) is 1.70. The number of morpholine rings is 1. The standard InChI is InChI=1S/C22H24N4O4/c1-24(14-16-6-2-5-9-19(16)25-10-12-30-13-11-25)20(27)15-26-22(29)18-8-4-3-7-17(18)21(28)23-26/h2-9H,10-15H2,1H3,(H,23,28). The van der Waals surface area contributed by atoms with E-state index >= 15 is 0 Å². The molecule has 0 aliphatic carbocycles. The van der Waals surface area contributed by atoms with Crippen molar-refractivity contribution in [3.05, 3.63) is 74.8 Å². The van der Waals surface area contributed by atoms with Crippen LogP contribution in [0.3, 0.4) is 0 Å². The molecule has 3 aromatic rings. The number of likely N-dealkylation sites (N-methyl/N-ethyl adjacent to an activating group) is 1. The van der Waals surface area contributed by atoms with Gasteiger partial charge in [-0.2, -0.15) is 0 Å². The molecule has 0 atom stereocenters. The van der Waals surface area contributed by atoms with Crippen LogP contribution in [0.1, 0.15) is 5.56 Å². The number of nitrogens with one attached hydrogen (secondary N) is 1. The molecule has 1 saturated heterocycles. The Morgan fingerprint density at radius 3 is 2.47 bits per heavy atom. The van der Waals surface area contributed by atoms with Gasteiger partial charge in [0.05, 0.1) is 24.0 Å². The lowest BCUT2D eigenvalue weighted by Gasteiger charge is -2.31. The van der Waals surface area contributed by atoms with Gasteiger partial charge in [0.2, 0.25) is 5.91 Å². The SMILES string of the molecule is CN(Cc1ccccc1N1CCOCC1)C(=O)Cn1[nH]c(=O)c2ccccc2c1=O. The van der Waals surface area contributed by atoms with Crippen molar-refractivity contribution in [1.29, 1.82) is 0 Å². The molecule has 4 rings (SSSR count). The van der Waals surface area contributed by atoms with Gasteiger partial charge in [-0.25, -0.2) is 4.68 Å². The molecule has 1 N–H and O–H groups in total. The number of carbonyl (C=O) groups is 1. The van der Waals surface area contributed by atoms with Crippen LogP contribution in [0.15, 0.2) is 58.1 Å². The topological polar surface area (TPSA) is 87.6 Å². The summed E-state index contributed by atoms with van der Waals surface area (Å²) in [6, 6.07) is 14.6. The lowest BCUT2D eigenvalue weighted by molar-refractivity contribution is -0.131. The molecule has 0 spiro atoms. The Morgan fingerprint density at radius 2 is 1.70 bits per heavy atom. The highest BCUT2D eigenvalue weighted by atomic mass is 16.5. The van der Waals surface area contributed by atoms with Gasteiger partial charge in [0.25, 0.3) is 11.1 Å². The third-order valence-corrected chi connectivity index (χ3v) is 5.35. The number of fused-ring (bicyclic) bond motifs is 1. The van der Waals surface area contributed by atoms with E-state index in [1.165, 1.54) is 0 Å². The largest absolute Gasteiger partial charge is 0.378 e. The van der Waals surface area contributed by atoms with E-state index in [4.69, 9.17) is 4.74 Å². The zero-order chi connectivity index (χ0) is 21.1. The van der Waals surface area contributed by atoms with Crippen molar-refractivity contribution in [2.24, 2.45) is 0 Å². The zero-order valence-electron chi connectivity index (χ0n) is 16.8. The van der Waals surface area contributed by atoms with Crippen LogP contribution in [0.25, 0.3) is 10.8 Å². The summed E-state index contributed by atoms with van der Waals surface area (Å²) in [4.78, 5) is 41.6. The van der Waals surface area contributed by atoms with Crippen LogP contribution in [-0.2, 0) is 22.6 Å². The van der Waals surface area contributed by atoms with E-state index in [0.717, 1.165) is 29.0 Å². The predicted molar refractivity (Wildman–Crippen MR) is 115 cm³/mol. The first-order valence-electron chi connectivity index (χ1n) is 9.91. The van der Waals surface area contributed by atoms with Crippen LogP contribution >= 0.6 is 0 Å². The molecule has 1 aliphatic heterocycles. The Morgan fingerprint density at radius 1 is 1.03 bits per heavy atom. The average Bonchev–Trinajstić information content (AvgIpc) is 2.78. The van der Waals surface area contributed by atoms with Crippen molar-refractivity contribution in [1.82, 2.24) is 14.7 Å². The molecule has 0 bridgehead atoms. The van der Waals surface area contributed by atoms with Gasteiger partial charge in [-0.05, 0) is 23.8 Å². The number of hydrogen-bond acceptors (Lipinski definition) is 5. The van der Waals surface area contributed by atoms with E-state index in [0.29, 0.717) is 30.5 Å². The van der Waals surface area contributed by atoms with Crippen molar-refractivity contribution in [3.8, 4) is 0 Å². The number of para-hydroxylation sites is 1. The van der Waals surface area contributed by atoms with Gasteiger partial charge in [0, 0.05) is 32.4 Å². The molecule has 0 saturated carbocycles. The maximum Gasteiger partial charge on any atom is 0.273 e. The lowest BCUT2D eigenvalue weighted by Crippen LogP contribution is -2.39.